The van der Waals surface area contributed by atoms with Crippen molar-refractivity contribution in [2.45, 2.75) is 19.4 Å². The maximum atomic E-state index is 5.91. The van der Waals surface area contributed by atoms with Gasteiger partial charge in [-0.2, -0.15) is 11.8 Å². The number of hydrogen-bond donors (Lipinski definition) is 1. The van der Waals surface area contributed by atoms with Gasteiger partial charge in [0.25, 0.3) is 0 Å². The Morgan fingerprint density at radius 1 is 1.41 bits per heavy atom. The molecule has 1 atom stereocenters. The monoisotopic (exact) mass is 252 g/mol. The third-order valence-corrected chi connectivity index (χ3v) is 3.74. The summed E-state index contributed by atoms with van der Waals surface area (Å²) in [5, 5.41) is 0. The lowest BCUT2D eigenvalue weighted by Crippen LogP contribution is -2.31. The van der Waals surface area contributed by atoms with Crippen molar-refractivity contribution in [3.8, 4) is 0 Å². The van der Waals surface area contributed by atoms with E-state index in [1.54, 1.807) is 0 Å². The van der Waals surface area contributed by atoms with Gasteiger partial charge in [0.15, 0.2) is 0 Å². The van der Waals surface area contributed by atoms with Gasteiger partial charge in [-0.1, -0.05) is 29.8 Å². The largest absolute Gasteiger partial charge is 0.329 e. The minimum Gasteiger partial charge on any atom is -0.329 e. The predicted molar refractivity (Wildman–Crippen MR) is 78.6 cm³/mol. The minimum atomic E-state index is 0.344. The van der Waals surface area contributed by atoms with Crippen molar-refractivity contribution in [2.75, 3.05) is 32.1 Å². The van der Waals surface area contributed by atoms with Gasteiger partial charge >= 0.3 is 0 Å². The minimum absolute atomic E-state index is 0.344. The number of aryl methyl sites for hydroxylation is 1. The van der Waals surface area contributed by atoms with Gasteiger partial charge in [0.1, 0.15) is 0 Å². The standard InChI is InChI=1S/C14H24N2S/c1-12-6-4-7-13(10-12)14(11-15)16(2)8-5-9-17-3/h4,6-7,10,14H,5,8-9,11,15H2,1-3H3. The molecule has 0 saturated heterocycles. The summed E-state index contributed by atoms with van der Waals surface area (Å²) in [7, 11) is 2.17. The lowest BCUT2D eigenvalue weighted by Gasteiger charge is -2.27. The molecule has 0 amide bonds. The second-order valence-electron chi connectivity index (χ2n) is 4.49. The van der Waals surface area contributed by atoms with E-state index in [-0.39, 0.29) is 0 Å². The summed E-state index contributed by atoms with van der Waals surface area (Å²) in [6.07, 6.45) is 3.38. The summed E-state index contributed by atoms with van der Waals surface area (Å²) in [4.78, 5) is 2.37. The van der Waals surface area contributed by atoms with Gasteiger partial charge in [0.05, 0.1) is 0 Å². The fraction of sp³-hybridized carbons (Fsp3) is 0.571. The molecule has 3 heteroatoms. The summed E-state index contributed by atoms with van der Waals surface area (Å²) >= 11 is 1.90. The van der Waals surface area contributed by atoms with E-state index in [2.05, 4.69) is 49.4 Å². The van der Waals surface area contributed by atoms with Gasteiger partial charge in [0, 0.05) is 12.6 Å². The molecule has 96 valence electrons. The maximum absolute atomic E-state index is 5.91. The van der Waals surface area contributed by atoms with Crippen LogP contribution in [-0.4, -0.2) is 37.0 Å². The molecular formula is C14H24N2S. The van der Waals surface area contributed by atoms with Crippen LogP contribution in [0.4, 0.5) is 0 Å². The Labute approximate surface area is 110 Å². The molecule has 17 heavy (non-hydrogen) atoms. The molecule has 0 aliphatic carbocycles. The van der Waals surface area contributed by atoms with E-state index in [0.717, 1.165) is 6.54 Å². The van der Waals surface area contributed by atoms with Crippen molar-refractivity contribution in [3.63, 3.8) is 0 Å². The first kappa shape index (κ1) is 14.6. The summed E-state index contributed by atoms with van der Waals surface area (Å²) in [6, 6.07) is 9.00. The molecular weight excluding hydrogens is 228 g/mol. The molecule has 0 aliphatic rings. The Morgan fingerprint density at radius 3 is 2.76 bits per heavy atom. The molecule has 0 bridgehead atoms. The van der Waals surface area contributed by atoms with Gasteiger partial charge in [-0.05, 0) is 44.5 Å². The summed E-state index contributed by atoms with van der Waals surface area (Å²) in [6.45, 7) is 3.92. The highest BCUT2D eigenvalue weighted by Gasteiger charge is 2.14. The smallest absolute Gasteiger partial charge is 0.0467 e. The molecule has 0 aliphatic heterocycles. The van der Waals surface area contributed by atoms with E-state index in [1.807, 2.05) is 11.8 Å². The first-order valence-corrected chi connectivity index (χ1v) is 7.54. The van der Waals surface area contributed by atoms with Gasteiger partial charge in [0.2, 0.25) is 0 Å². The number of benzene rings is 1. The Kier molecular flexibility index (Phi) is 6.63. The first-order chi connectivity index (χ1) is 8.19. The number of hydrogen-bond acceptors (Lipinski definition) is 3. The zero-order valence-corrected chi connectivity index (χ0v) is 12.0. The average molecular weight is 252 g/mol. The van der Waals surface area contributed by atoms with Crippen LogP contribution in [0.5, 0.6) is 0 Å². The maximum Gasteiger partial charge on any atom is 0.0467 e. The van der Waals surface area contributed by atoms with Crippen molar-refractivity contribution >= 4 is 11.8 Å². The second kappa shape index (κ2) is 7.75. The number of thioether (sulfide) groups is 1. The molecule has 0 heterocycles. The van der Waals surface area contributed by atoms with Crippen molar-refractivity contribution in [1.29, 1.82) is 0 Å². The highest BCUT2D eigenvalue weighted by atomic mass is 32.2. The predicted octanol–water partition coefficient (Wildman–Crippen LogP) is 2.68. The Balaban J connectivity index is 2.63. The third kappa shape index (κ3) is 4.70. The Bertz CT molecular complexity index is 328. The topological polar surface area (TPSA) is 29.3 Å². The summed E-state index contributed by atoms with van der Waals surface area (Å²) in [5.74, 6) is 1.22. The second-order valence-corrected chi connectivity index (χ2v) is 5.48. The molecule has 2 nitrogen and oxygen atoms in total. The van der Waals surface area contributed by atoms with E-state index in [4.69, 9.17) is 5.73 Å². The van der Waals surface area contributed by atoms with Crippen molar-refractivity contribution < 1.29 is 0 Å². The normalized spacial score (nSPS) is 13.0. The van der Waals surface area contributed by atoms with Crippen LogP contribution in [0.3, 0.4) is 0 Å². The highest BCUT2D eigenvalue weighted by molar-refractivity contribution is 7.98. The van der Waals surface area contributed by atoms with Crippen LogP contribution in [0.2, 0.25) is 0 Å². The number of likely N-dealkylation sites (N-methyl/N-ethyl adjacent to an activating group) is 1. The summed E-state index contributed by atoms with van der Waals surface area (Å²) in [5.41, 5.74) is 8.55. The zero-order valence-electron chi connectivity index (χ0n) is 11.1. The first-order valence-electron chi connectivity index (χ1n) is 6.15. The number of rotatable bonds is 7. The fourth-order valence-corrected chi connectivity index (χ4v) is 2.48. The SMILES string of the molecule is CSCCCN(C)C(CN)c1cccc(C)c1. The van der Waals surface area contributed by atoms with Crippen LogP contribution < -0.4 is 5.73 Å². The van der Waals surface area contributed by atoms with Crippen LogP contribution >= 0.6 is 11.8 Å². The van der Waals surface area contributed by atoms with Gasteiger partial charge in [-0.25, -0.2) is 0 Å². The number of nitrogens with zero attached hydrogens (tertiary/aromatic N) is 1. The number of nitrogens with two attached hydrogens (primary N) is 1. The highest BCUT2D eigenvalue weighted by Crippen LogP contribution is 2.19. The molecule has 1 unspecified atom stereocenters. The molecule has 0 fully saturated rings. The van der Waals surface area contributed by atoms with Crippen LogP contribution in [0.25, 0.3) is 0 Å². The van der Waals surface area contributed by atoms with Gasteiger partial charge in [-0.15, -0.1) is 0 Å². The molecule has 1 aromatic rings. The third-order valence-electron chi connectivity index (χ3n) is 3.04. The van der Waals surface area contributed by atoms with Crippen LogP contribution in [-0.2, 0) is 0 Å². The van der Waals surface area contributed by atoms with E-state index >= 15 is 0 Å². The van der Waals surface area contributed by atoms with Crippen LogP contribution in [0.1, 0.15) is 23.6 Å². The molecule has 2 N–H and O–H groups in total. The van der Waals surface area contributed by atoms with Crippen LogP contribution in [0, 0.1) is 6.92 Å². The lowest BCUT2D eigenvalue weighted by atomic mass is 10.0. The molecule has 0 saturated carbocycles. The average Bonchev–Trinajstić information content (AvgIpc) is 2.30. The summed E-state index contributed by atoms with van der Waals surface area (Å²) < 4.78 is 0. The van der Waals surface area contributed by atoms with Gasteiger partial charge < -0.3 is 5.73 Å². The quantitative estimate of drug-likeness (QED) is 0.757. The van der Waals surface area contributed by atoms with Crippen LogP contribution in [0.15, 0.2) is 24.3 Å². The van der Waals surface area contributed by atoms with Crippen molar-refractivity contribution in [1.82, 2.24) is 4.90 Å². The fourth-order valence-electron chi connectivity index (χ4n) is 2.06. The Morgan fingerprint density at radius 2 is 2.18 bits per heavy atom. The van der Waals surface area contributed by atoms with E-state index in [0.29, 0.717) is 12.6 Å². The molecule has 1 aromatic carbocycles. The van der Waals surface area contributed by atoms with Gasteiger partial charge in [-0.3, -0.25) is 4.90 Å². The molecule has 0 spiro atoms. The van der Waals surface area contributed by atoms with E-state index < -0.39 is 0 Å². The lowest BCUT2D eigenvalue weighted by molar-refractivity contribution is 0.251. The molecule has 0 radical (unpaired) electrons. The zero-order chi connectivity index (χ0) is 12.7. The molecule has 1 rings (SSSR count). The van der Waals surface area contributed by atoms with Crippen molar-refractivity contribution in [2.24, 2.45) is 5.73 Å². The van der Waals surface area contributed by atoms with E-state index in [1.165, 1.54) is 23.3 Å². The Hall–Kier alpha value is -0.510. The van der Waals surface area contributed by atoms with Crippen molar-refractivity contribution in [3.05, 3.63) is 35.4 Å². The van der Waals surface area contributed by atoms with E-state index in [9.17, 15) is 0 Å². The molecule has 0 aromatic heterocycles.